The normalized spacial score (nSPS) is 10.4. The molecule has 0 radical (unpaired) electrons. The fourth-order valence-corrected chi connectivity index (χ4v) is 3.42. The Balaban J connectivity index is 2.10. The monoisotopic (exact) mass is 430 g/mol. The summed E-state index contributed by atoms with van der Waals surface area (Å²) in [7, 11) is 1.29. The van der Waals surface area contributed by atoms with Gasteiger partial charge in [-0.2, -0.15) is 0 Å². The summed E-state index contributed by atoms with van der Waals surface area (Å²) in [6.07, 6.45) is 0.275. The zero-order valence-corrected chi connectivity index (χ0v) is 18.7. The smallest absolute Gasteiger partial charge is 0.384 e. The SMILES string of the molecule is COC(=O)C#CCc1c(OCc2ccccc2)ccc2cc(C(C)C)c(OC(C)=O)cc12. The molecule has 0 saturated carbocycles. The second kappa shape index (κ2) is 10.5. The average molecular weight is 431 g/mol. The van der Waals surface area contributed by atoms with Gasteiger partial charge in [0.05, 0.1) is 7.11 Å². The molecule has 0 spiro atoms. The number of benzene rings is 3. The molecule has 0 heterocycles. The van der Waals surface area contributed by atoms with Crippen molar-refractivity contribution in [2.75, 3.05) is 7.11 Å². The Labute approximate surface area is 188 Å². The van der Waals surface area contributed by atoms with Crippen LogP contribution >= 0.6 is 0 Å². The third-order valence-corrected chi connectivity index (χ3v) is 4.97. The number of carbonyl (C=O) groups excluding carboxylic acids is 2. The van der Waals surface area contributed by atoms with Gasteiger partial charge in [-0.15, -0.1) is 0 Å². The van der Waals surface area contributed by atoms with E-state index in [1.807, 2.05) is 68.4 Å². The molecular formula is C27H26O5. The van der Waals surface area contributed by atoms with Crippen LogP contribution in [0.3, 0.4) is 0 Å². The van der Waals surface area contributed by atoms with Crippen molar-refractivity contribution in [3.05, 3.63) is 71.3 Å². The number of ether oxygens (including phenoxy) is 3. The number of hydrogen-bond acceptors (Lipinski definition) is 5. The van der Waals surface area contributed by atoms with Gasteiger partial charge in [0.1, 0.15) is 18.1 Å². The molecular weight excluding hydrogens is 404 g/mol. The van der Waals surface area contributed by atoms with E-state index < -0.39 is 5.97 Å². The summed E-state index contributed by atoms with van der Waals surface area (Å²) in [6, 6.07) is 17.6. The second-order valence-electron chi connectivity index (χ2n) is 7.65. The van der Waals surface area contributed by atoms with E-state index in [0.29, 0.717) is 18.1 Å². The van der Waals surface area contributed by atoms with Crippen LogP contribution in [-0.2, 0) is 27.4 Å². The second-order valence-corrected chi connectivity index (χ2v) is 7.65. The molecule has 0 aliphatic carbocycles. The van der Waals surface area contributed by atoms with Crippen LogP contribution in [0, 0.1) is 11.8 Å². The molecule has 3 aromatic carbocycles. The van der Waals surface area contributed by atoms with Gasteiger partial charge in [-0.1, -0.05) is 56.2 Å². The zero-order chi connectivity index (χ0) is 23.1. The minimum Gasteiger partial charge on any atom is -0.489 e. The van der Waals surface area contributed by atoms with E-state index in [9.17, 15) is 9.59 Å². The van der Waals surface area contributed by atoms with Crippen molar-refractivity contribution in [1.29, 1.82) is 0 Å². The van der Waals surface area contributed by atoms with Crippen LogP contribution in [0.15, 0.2) is 54.6 Å². The molecule has 5 nitrogen and oxygen atoms in total. The lowest BCUT2D eigenvalue weighted by Gasteiger charge is -2.17. The van der Waals surface area contributed by atoms with E-state index in [-0.39, 0.29) is 18.3 Å². The summed E-state index contributed by atoms with van der Waals surface area (Å²) in [5, 5.41) is 1.84. The van der Waals surface area contributed by atoms with Gasteiger partial charge in [0, 0.05) is 24.8 Å². The Morgan fingerprint density at radius 1 is 1.00 bits per heavy atom. The van der Waals surface area contributed by atoms with Crippen LogP contribution in [0.5, 0.6) is 11.5 Å². The summed E-state index contributed by atoms with van der Waals surface area (Å²) in [4.78, 5) is 23.2. The minimum atomic E-state index is -0.598. The van der Waals surface area contributed by atoms with Gasteiger partial charge < -0.3 is 14.2 Å². The highest BCUT2D eigenvalue weighted by molar-refractivity contribution is 5.92. The van der Waals surface area contributed by atoms with Crippen LogP contribution < -0.4 is 9.47 Å². The molecule has 0 aromatic heterocycles. The third-order valence-electron chi connectivity index (χ3n) is 4.97. The Morgan fingerprint density at radius 2 is 1.75 bits per heavy atom. The number of hydrogen-bond donors (Lipinski definition) is 0. The van der Waals surface area contributed by atoms with E-state index in [1.54, 1.807) is 0 Å². The first-order valence-electron chi connectivity index (χ1n) is 10.4. The van der Waals surface area contributed by atoms with Crippen molar-refractivity contribution < 1.29 is 23.8 Å². The van der Waals surface area contributed by atoms with E-state index >= 15 is 0 Å². The van der Waals surface area contributed by atoms with Crippen molar-refractivity contribution in [1.82, 2.24) is 0 Å². The topological polar surface area (TPSA) is 61.8 Å². The van der Waals surface area contributed by atoms with E-state index in [4.69, 9.17) is 9.47 Å². The Kier molecular flexibility index (Phi) is 7.51. The molecule has 0 amide bonds. The van der Waals surface area contributed by atoms with Gasteiger partial charge in [0.15, 0.2) is 0 Å². The molecule has 3 aromatic rings. The number of carbonyl (C=O) groups is 2. The van der Waals surface area contributed by atoms with E-state index in [1.165, 1.54) is 14.0 Å². The van der Waals surface area contributed by atoms with Gasteiger partial charge in [-0.05, 0) is 46.0 Å². The highest BCUT2D eigenvalue weighted by Gasteiger charge is 2.16. The van der Waals surface area contributed by atoms with Gasteiger partial charge in [-0.3, -0.25) is 4.79 Å². The van der Waals surface area contributed by atoms with Crippen LogP contribution in [0.25, 0.3) is 10.8 Å². The summed E-state index contributed by atoms with van der Waals surface area (Å²) < 4.78 is 16.2. The molecule has 0 N–H and O–H groups in total. The van der Waals surface area contributed by atoms with Crippen LogP contribution in [0.2, 0.25) is 0 Å². The molecule has 0 unspecified atom stereocenters. The Bertz CT molecular complexity index is 1180. The highest BCUT2D eigenvalue weighted by atomic mass is 16.5. The number of rotatable bonds is 6. The van der Waals surface area contributed by atoms with Crippen molar-refractivity contribution in [3.63, 3.8) is 0 Å². The maximum absolute atomic E-state index is 11.7. The molecule has 0 bridgehead atoms. The predicted molar refractivity (Wildman–Crippen MR) is 124 cm³/mol. The largest absolute Gasteiger partial charge is 0.489 e. The van der Waals surface area contributed by atoms with Crippen molar-refractivity contribution >= 4 is 22.7 Å². The van der Waals surface area contributed by atoms with Crippen molar-refractivity contribution in [2.24, 2.45) is 0 Å². The molecule has 0 saturated heterocycles. The lowest BCUT2D eigenvalue weighted by Crippen LogP contribution is -2.06. The minimum absolute atomic E-state index is 0.172. The number of fused-ring (bicyclic) bond motifs is 1. The first-order chi connectivity index (χ1) is 15.4. The number of methoxy groups -OCH3 is 1. The summed E-state index contributed by atoms with van der Waals surface area (Å²) in [5.74, 6) is 5.71. The first kappa shape index (κ1) is 22.9. The lowest BCUT2D eigenvalue weighted by atomic mass is 9.94. The fraction of sp³-hybridized carbons (Fsp3) is 0.259. The van der Waals surface area contributed by atoms with E-state index in [2.05, 4.69) is 16.6 Å². The van der Waals surface area contributed by atoms with Gasteiger partial charge in [-0.25, -0.2) is 4.79 Å². The summed E-state index contributed by atoms with van der Waals surface area (Å²) in [5.41, 5.74) is 2.80. The molecule has 164 valence electrons. The van der Waals surface area contributed by atoms with Gasteiger partial charge in [0.25, 0.3) is 0 Å². The van der Waals surface area contributed by atoms with Gasteiger partial charge >= 0.3 is 11.9 Å². The molecule has 32 heavy (non-hydrogen) atoms. The highest BCUT2D eigenvalue weighted by Crippen LogP contribution is 2.36. The zero-order valence-electron chi connectivity index (χ0n) is 18.7. The molecule has 5 heteroatoms. The fourth-order valence-electron chi connectivity index (χ4n) is 3.42. The first-order valence-corrected chi connectivity index (χ1v) is 10.4. The molecule has 3 rings (SSSR count). The Morgan fingerprint density at radius 3 is 2.41 bits per heavy atom. The molecule has 0 aliphatic heterocycles. The van der Waals surface area contributed by atoms with Crippen LogP contribution in [0.1, 0.15) is 43.4 Å². The van der Waals surface area contributed by atoms with Crippen LogP contribution in [0.4, 0.5) is 0 Å². The Hall–Kier alpha value is -3.78. The lowest BCUT2D eigenvalue weighted by molar-refractivity contribution is -0.134. The average Bonchev–Trinajstić information content (AvgIpc) is 2.78. The third kappa shape index (κ3) is 5.67. The molecule has 0 fully saturated rings. The summed E-state index contributed by atoms with van der Waals surface area (Å²) >= 11 is 0. The standard InChI is InChI=1S/C27H26O5/c1-18(2)23-15-21-13-14-25(31-17-20-9-6-5-7-10-20)22(11-8-12-27(29)30-4)24(21)16-26(23)32-19(3)28/h5-7,9-10,13-16,18H,11,17H2,1-4H3. The van der Waals surface area contributed by atoms with Crippen molar-refractivity contribution in [3.8, 4) is 23.3 Å². The van der Waals surface area contributed by atoms with Gasteiger partial charge in [0.2, 0.25) is 0 Å². The predicted octanol–water partition coefficient (Wildman–Crippen LogP) is 5.19. The van der Waals surface area contributed by atoms with Crippen LogP contribution in [-0.4, -0.2) is 19.0 Å². The molecule has 0 aliphatic rings. The maximum Gasteiger partial charge on any atom is 0.384 e. The maximum atomic E-state index is 11.7. The quantitative estimate of drug-likeness (QED) is 0.233. The number of esters is 2. The van der Waals surface area contributed by atoms with E-state index in [0.717, 1.165) is 27.5 Å². The molecule has 0 atom stereocenters. The van der Waals surface area contributed by atoms with Crippen molar-refractivity contribution in [2.45, 2.75) is 39.7 Å². The summed E-state index contributed by atoms with van der Waals surface area (Å²) in [6.45, 7) is 5.88.